The number of aliphatic hydroxyl groups excluding tert-OH is 1. The van der Waals surface area contributed by atoms with E-state index >= 15 is 0 Å². The Morgan fingerprint density at radius 2 is 2.11 bits per heavy atom. The molecule has 0 bridgehead atoms. The van der Waals surface area contributed by atoms with E-state index in [-0.39, 0.29) is 12.6 Å². The van der Waals surface area contributed by atoms with Crippen LogP contribution < -0.4 is 5.73 Å². The summed E-state index contributed by atoms with van der Waals surface area (Å²) in [5.41, 5.74) is 5.84. The highest BCUT2D eigenvalue weighted by Gasteiger charge is 2.26. The van der Waals surface area contributed by atoms with Gasteiger partial charge in [0.25, 0.3) is 0 Å². The highest BCUT2D eigenvalue weighted by atomic mass is 16.5. The van der Waals surface area contributed by atoms with E-state index in [0.29, 0.717) is 18.2 Å². The van der Waals surface area contributed by atoms with Gasteiger partial charge in [0.2, 0.25) is 5.89 Å². The molecule has 0 radical (unpaired) electrons. The number of hydrogen-bond acceptors (Lipinski definition) is 5. The van der Waals surface area contributed by atoms with Crippen LogP contribution in [0.15, 0.2) is 4.52 Å². The zero-order valence-corrected chi connectivity index (χ0v) is 11.0. The summed E-state index contributed by atoms with van der Waals surface area (Å²) in [4.78, 5) is 4.39. The van der Waals surface area contributed by atoms with Gasteiger partial charge in [-0.2, -0.15) is 4.98 Å². The van der Waals surface area contributed by atoms with Crippen LogP contribution in [-0.4, -0.2) is 21.9 Å². The summed E-state index contributed by atoms with van der Waals surface area (Å²) in [5, 5.41) is 12.9. The topological polar surface area (TPSA) is 85.2 Å². The van der Waals surface area contributed by atoms with Crippen molar-refractivity contribution < 1.29 is 9.63 Å². The zero-order valence-electron chi connectivity index (χ0n) is 11.0. The SMILES string of the molecule is CCC1CCC(c2noc(C(N)CCO)n2)CC1. The Balaban J connectivity index is 1.94. The molecule has 18 heavy (non-hydrogen) atoms. The van der Waals surface area contributed by atoms with E-state index in [9.17, 15) is 0 Å². The molecule has 1 unspecified atom stereocenters. The second-order valence-electron chi connectivity index (χ2n) is 5.24. The quantitative estimate of drug-likeness (QED) is 0.839. The number of nitrogens with two attached hydrogens (primary N) is 1. The zero-order chi connectivity index (χ0) is 13.0. The molecule has 0 saturated heterocycles. The molecule has 5 heteroatoms. The summed E-state index contributed by atoms with van der Waals surface area (Å²) in [5.74, 6) is 2.54. The summed E-state index contributed by atoms with van der Waals surface area (Å²) in [6.07, 6.45) is 6.54. The molecular formula is C13H23N3O2. The Morgan fingerprint density at radius 3 is 2.72 bits per heavy atom. The summed E-state index contributed by atoms with van der Waals surface area (Å²) in [6.45, 7) is 2.30. The fourth-order valence-electron chi connectivity index (χ4n) is 2.66. The van der Waals surface area contributed by atoms with Gasteiger partial charge in [-0.3, -0.25) is 0 Å². The van der Waals surface area contributed by atoms with Gasteiger partial charge in [0, 0.05) is 12.5 Å². The Hall–Kier alpha value is -0.940. The van der Waals surface area contributed by atoms with Crippen molar-refractivity contribution in [1.29, 1.82) is 0 Å². The van der Waals surface area contributed by atoms with Crippen molar-refractivity contribution in [1.82, 2.24) is 10.1 Å². The summed E-state index contributed by atoms with van der Waals surface area (Å²) < 4.78 is 5.19. The molecule has 0 aliphatic heterocycles. The third-order valence-electron chi connectivity index (χ3n) is 4.00. The maximum atomic E-state index is 8.84. The first kappa shape index (κ1) is 13.5. The minimum absolute atomic E-state index is 0.0422. The third-order valence-corrected chi connectivity index (χ3v) is 4.00. The summed E-state index contributed by atoms with van der Waals surface area (Å²) >= 11 is 0. The molecule has 0 amide bonds. The second-order valence-corrected chi connectivity index (χ2v) is 5.24. The molecule has 1 aromatic heterocycles. The Kier molecular flexibility index (Phi) is 4.72. The molecule has 1 aliphatic carbocycles. The van der Waals surface area contributed by atoms with Crippen molar-refractivity contribution in [2.24, 2.45) is 11.7 Å². The summed E-state index contributed by atoms with van der Waals surface area (Å²) in [6, 6.07) is -0.344. The Morgan fingerprint density at radius 1 is 1.39 bits per heavy atom. The predicted molar refractivity (Wildman–Crippen MR) is 67.9 cm³/mol. The smallest absolute Gasteiger partial charge is 0.243 e. The van der Waals surface area contributed by atoms with Gasteiger partial charge >= 0.3 is 0 Å². The lowest BCUT2D eigenvalue weighted by Gasteiger charge is -2.25. The lowest BCUT2D eigenvalue weighted by molar-refractivity contribution is 0.258. The van der Waals surface area contributed by atoms with Gasteiger partial charge in [0.1, 0.15) is 0 Å². The molecular weight excluding hydrogens is 230 g/mol. The van der Waals surface area contributed by atoms with E-state index < -0.39 is 0 Å². The van der Waals surface area contributed by atoms with Crippen molar-refractivity contribution in [3.8, 4) is 0 Å². The number of rotatable bonds is 5. The van der Waals surface area contributed by atoms with Gasteiger partial charge in [0.05, 0.1) is 6.04 Å². The van der Waals surface area contributed by atoms with Crippen molar-refractivity contribution in [3.05, 3.63) is 11.7 Å². The number of aliphatic hydroxyl groups is 1. The van der Waals surface area contributed by atoms with Crippen LogP contribution in [0.5, 0.6) is 0 Å². The minimum atomic E-state index is -0.344. The van der Waals surface area contributed by atoms with Gasteiger partial charge < -0.3 is 15.4 Å². The molecule has 1 saturated carbocycles. The molecule has 102 valence electrons. The molecule has 1 aliphatic rings. The number of aromatic nitrogens is 2. The molecule has 1 atom stereocenters. The van der Waals surface area contributed by atoms with E-state index in [4.69, 9.17) is 15.4 Å². The summed E-state index contributed by atoms with van der Waals surface area (Å²) in [7, 11) is 0. The molecule has 0 aromatic carbocycles. The van der Waals surface area contributed by atoms with Crippen LogP contribution in [0.25, 0.3) is 0 Å². The van der Waals surface area contributed by atoms with Gasteiger partial charge in [0.15, 0.2) is 5.82 Å². The van der Waals surface area contributed by atoms with Crippen molar-refractivity contribution in [3.63, 3.8) is 0 Å². The largest absolute Gasteiger partial charge is 0.396 e. The van der Waals surface area contributed by atoms with E-state index in [1.807, 2.05) is 0 Å². The van der Waals surface area contributed by atoms with Crippen molar-refractivity contribution in [2.75, 3.05) is 6.61 Å². The van der Waals surface area contributed by atoms with Crippen LogP contribution in [0.1, 0.15) is 69.1 Å². The Bertz CT molecular complexity index is 359. The highest BCUT2D eigenvalue weighted by Crippen LogP contribution is 2.35. The van der Waals surface area contributed by atoms with Gasteiger partial charge in [-0.15, -0.1) is 0 Å². The molecule has 1 heterocycles. The van der Waals surface area contributed by atoms with E-state index in [2.05, 4.69) is 17.1 Å². The normalized spacial score (nSPS) is 26.2. The first-order valence-corrected chi connectivity index (χ1v) is 6.94. The Labute approximate surface area is 108 Å². The third kappa shape index (κ3) is 3.09. The van der Waals surface area contributed by atoms with E-state index in [1.165, 1.54) is 19.3 Å². The van der Waals surface area contributed by atoms with Crippen LogP contribution in [-0.2, 0) is 0 Å². The van der Waals surface area contributed by atoms with Crippen LogP contribution >= 0.6 is 0 Å². The fourth-order valence-corrected chi connectivity index (χ4v) is 2.66. The minimum Gasteiger partial charge on any atom is -0.396 e. The molecule has 0 spiro atoms. The van der Waals surface area contributed by atoms with Crippen molar-refractivity contribution >= 4 is 0 Å². The first-order chi connectivity index (χ1) is 8.74. The second kappa shape index (κ2) is 6.29. The highest BCUT2D eigenvalue weighted by molar-refractivity contribution is 4.99. The van der Waals surface area contributed by atoms with Gasteiger partial charge in [-0.05, 0) is 38.0 Å². The number of nitrogens with zero attached hydrogens (tertiary/aromatic N) is 2. The molecule has 1 fully saturated rings. The monoisotopic (exact) mass is 253 g/mol. The molecule has 1 aromatic rings. The van der Waals surface area contributed by atoms with E-state index in [1.54, 1.807) is 0 Å². The lowest BCUT2D eigenvalue weighted by Crippen LogP contribution is -2.15. The lowest BCUT2D eigenvalue weighted by atomic mass is 9.80. The molecule has 3 N–H and O–H groups in total. The van der Waals surface area contributed by atoms with E-state index in [0.717, 1.165) is 24.6 Å². The van der Waals surface area contributed by atoms with Crippen LogP contribution in [0.2, 0.25) is 0 Å². The standard InChI is InChI=1S/C13H23N3O2/c1-2-9-3-5-10(6-4-9)12-15-13(18-16-12)11(14)7-8-17/h9-11,17H,2-8,14H2,1H3. The maximum absolute atomic E-state index is 8.84. The van der Waals surface area contributed by atoms with Crippen LogP contribution in [0, 0.1) is 5.92 Å². The predicted octanol–water partition coefficient (Wildman–Crippen LogP) is 2.14. The van der Waals surface area contributed by atoms with Gasteiger partial charge in [-0.25, -0.2) is 0 Å². The average molecular weight is 253 g/mol. The van der Waals surface area contributed by atoms with Gasteiger partial charge in [-0.1, -0.05) is 18.5 Å². The average Bonchev–Trinajstić information content (AvgIpc) is 2.89. The molecule has 2 rings (SSSR count). The maximum Gasteiger partial charge on any atom is 0.243 e. The van der Waals surface area contributed by atoms with Crippen molar-refractivity contribution in [2.45, 2.75) is 57.4 Å². The molecule has 5 nitrogen and oxygen atoms in total. The first-order valence-electron chi connectivity index (χ1n) is 6.94. The fraction of sp³-hybridized carbons (Fsp3) is 0.846. The van der Waals surface area contributed by atoms with Crippen LogP contribution in [0.4, 0.5) is 0 Å². The van der Waals surface area contributed by atoms with Crippen LogP contribution in [0.3, 0.4) is 0 Å². The number of hydrogen-bond donors (Lipinski definition) is 2.